The van der Waals surface area contributed by atoms with E-state index in [4.69, 9.17) is 4.74 Å². The molecule has 0 aliphatic heterocycles. The highest BCUT2D eigenvalue weighted by molar-refractivity contribution is 5.95. The number of hydrogen-bond acceptors (Lipinski definition) is 5. The number of aromatic amines is 1. The first kappa shape index (κ1) is 19.3. The van der Waals surface area contributed by atoms with Crippen LogP contribution in [0.2, 0.25) is 0 Å². The van der Waals surface area contributed by atoms with Crippen molar-refractivity contribution in [2.45, 2.75) is 18.5 Å². The minimum Gasteiger partial charge on any atom is -0.496 e. The maximum atomic E-state index is 12.9. The Hall–Kier alpha value is -3.43. The summed E-state index contributed by atoms with van der Waals surface area (Å²) in [6.45, 7) is 0. The molecule has 1 heterocycles. The Morgan fingerprint density at radius 2 is 2.00 bits per heavy atom. The van der Waals surface area contributed by atoms with Gasteiger partial charge in [0.05, 0.1) is 12.7 Å². The number of carbonyl (C=O) groups excluding carboxylic acids is 1. The normalized spacial score (nSPS) is 12.4. The van der Waals surface area contributed by atoms with Gasteiger partial charge in [0, 0.05) is 5.69 Å². The van der Waals surface area contributed by atoms with Gasteiger partial charge in [-0.15, -0.1) is 10.2 Å². The summed E-state index contributed by atoms with van der Waals surface area (Å²) < 4.78 is 44.0. The third-order valence-corrected chi connectivity index (χ3v) is 4.06. The molecule has 0 aliphatic carbocycles. The Morgan fingerprint density at radius 3 is 2.68 bits per heavy atom. The second kappa shape index (κ2) is 8.07. The van der Waals surface area contributed by atoms with Crippen LogP contribution < -0.4 is 10.1 Å². The monoisotopic (exact) mass is 391 g/mol. The van der Waals surface area contributed by atoms with Gasteiger partial charge in [0.25, 0.3) is 0 Å². The molecule has 1 aromatic heterocycles. The van der Waals surface area contributed by atoms with Crippen LogP contribution in [0.5, 0.6) is 5.75 Å². The van der Waals surface area contributed by atoms with E-state index in [1.54, 1.807) is 24.3 Å². The molecule has 0 saturated heterocycles. The molecule has 2 N–H and O–H groups in total. The van der Waals surface area contributed by atoms with E-state index in [1.165, 1.54) is 19.2 Å². The van der Waals surface area contributed by atoms with E-state index >= 15 is 0 Å². The number of halogens is 3. The number of H-pyrrole nitrogens is 1. The summed E-state index contributed by atoms with van der Waals surface area (Å²) >= 11 is 0. The predicted molar refractivity (Wildman–Crippen MR) is 93.7 cm³/mol. The molecule has 0 spiro atoms. The highest BCUT2D eigenvalue weighted by Crippen LogP contribution is 2.31. The van der Waals surface area contributed by atoms with Crippen molar-refractivity contribution in [2.75, 3.05) is 12.4 Å². The van der Waals surface area contributed by atoms with Crippen LogP contribution in [0.15, 0.2) is 48.5 Å². The van der Waals surface area contributed by atoms with Crippen LogP contribution in [0.1, 0.15) is 22.9 Å². The highest BCUT2D eigenvalue weighted by Gasteiger charge is 2.31. The fourth-order valence-corrected chi connectivity index (χ4v) is 2.71. The number of aromatic nitrogens is 4. The molecule has 146 valence electrons. The average molecular weight is 391 g/mol. The van der Waals surface area contributed by atoms with Gasteiger partial charge in [0.15, 0.2) is 5.82 Å². The predicted octanol–water partition coefficient (Wildman–Crippen LogP) is 3.19. The molecule has 10 heteroatoms. The number of rotatable bonds is 6. The SMILES string of the molecule is COc1ccccc1C[C@@H](C(=O)Nc1cccc(C(F)(F)F)c1)c1nn[nH]n1. The second-order valence-corrected chi connectivity index (χ2v) is 5.91. The maximum absolute atomic E-state index is 12.9. The van der Waals surface area contributed by atoms with Crippen molar-refractivity contribution in [3.63, 3.8) is 0 Å². The van der Waals surface area contributed by atoms with Gasteiger partial charge in [-0.25, -0.2) is 0 Å². The van der Waals surface area contributed by atoms with Gasteiger partial charge in [-0.05, 0) is 36.2 Å². The first-order valence-corrected chi connectivity index (χ1v) is 8.22. The molecule has 1 amide bonds. The molecule has 0 saturated carbocycles. The molecular weight excluding hydrogens is 375 g/mol. The number of ether oxygens (including phenoxy) is 1. The molecule has 7 nitrogen and oxygen atoms in total. The number of nitrogens with one attached hydrogen (secondary N) is 2. The van der Waals surface area contributed by atoms with Crippen molar-refractivity contribution >= 4 is 11.6 Å². The van der Waals surface area contributed by atoms with Gasteiger partial charge in [0.1, 0.15) is 11.7 Å². The summed E-state index contributed by atoms with van der Waals surface area (Å²) in [4.78, 5) is 12.8. The molecule has 0 bridgehead atoms. The Morgan fingerprint density at radius 1 is 1.21 bits per heavy atom. The van der Waals surface area contributed by atoms with E-state index in [0.717, 1.165) is 17.7 Å². The summed E-state index contributed by atoms with van der Waals surface area (Å²) in [5, 5.41) is 16.0. The topological polar surface area (TPSA) is 92.8 Å². The van der Waals surface area contributed by atoms with Gasteiger partial charge in [-0.3, -0.25) is 4.79 Å². The van der Waals surface area contributed by atoms with Crippen LogP contribution in [0.4, 0.5) is 18.9 Å². The Kier molecular flexibility index (Phi) is 5.57. The number of amides is 1. The summed E-state index contributed by atoms with van der Waals surface area (Å²) in [7, 11) is 1.50. The average Bonchev–Trinajstić information content (AvgIpc) is 3.20. The molecule has 2 aromatic carbocycles. The number of nitrogens with zero attached hydrogens (tertiary/aromatic N) is 3. The fraction of sp³-hybridized carbons (Fsp3) is 0.222. The number of tetrazole rings is 1. The first-order valence-electron chi connectivity index (χ1n) is 8.22. The van der Waals surface area contributed by atoms with E-state index in [1.807, 2.05) is 0 Å². The van der Waals surface area contributed by atoms with Crippen molar-refractivity contribution in [3.8, 4) is 5.75 Å². The summed E-state index contributed by atoms with van der Waals surface area (Å²) in [5.41, 5.74) is -0.113. The Balaban J connectivity index is 1.86. The van der Waals surface area contributed by atoms with E-state index in [9.17, 15) is 18.0 Å². The third kappa shape index (κ3) is 4.45. The standard InChI is InChI=1S/C18H16F3N5O2/c1-28-15-8-3-2-5-11(15)9-14(16-23-25-26-24-16)17(27)22-13-7-4-6-12(10-13)18(19,20)21/h2-8,10,14H,9H2,1H3,(H,22,27)(H,23,24,25,26)/t14-/m1/s1. The quantitative estimate of drug-likeness (QED) is 0.673. The molecule has 0 fully saturated rings. The van der Waals surface area contributed by atoms with E-state index < -0.39 is 23.6 Å². The minimum absolute atomic E-state index is 0.0216. The van der Waals surface area contributed by atoms with Gasteiger partial charge < -0.3 is 10.1 Å². The summed E-state index contributed by atoms with van der Waals surface area (Å²) in [6, 6.07) is 11.5. The lowest BCUT2D eigenvalue weighted by atomic mass is 9.97. The number of methoxy groups -OCH3 is 1. The minimum atomic E-state index is -4.51. The van der Waals surface area contributed by atoms with E-state index in [2.05, 4.69) is 25.9 Å². The Labute approximate surface area is 157 Å². The third-order valence-electron chi connectivity index (χ3n) is 4.06. The lowest BCUT2D eigenvalue weighted by Crippen LogP contribution is -2.24. The zero-order chi connectivity index (χ0) is 20.1. The molecular formula is C18H16F3N5O2. The number of benzene rings is 2. The largest absolute Gasteiger partial charge is 0.496 e. The van der Waals surface area contributed by atoms with Crippen molar-refractivity contribution < 1.29 is 22.7 Å². The zero-order valence-electron chi connectivity index (χ0n) is 14.7. The molecule has 1 atom stereocenters. The second-order valence-electron chi connectivity index (χ2n) is 5.91. The van der Waals surface area contributed by atoms with Crippen LogP contribution in [0, 0.1) is 0 Å². The molecule has 3 aromatic rings. The molecule has 28 heavy (non-hydrogen) atoms. The molecule has 3 rings (SSSR count). The van der Waals surface area contributed by atoms with Crippen LogP contribution >= 0.6 is 0 Å². The molecule has 0 radical (unpaired) electrons. The van der Waals surface area contributed by atoms with Crippen LogP contribution in [-0.2, 0) is 17.4 Å². The smallest absolute Gasteiger partial charge is 0.416 e. The maximum Gasteiger partial charge on any atom is 0.416 e. The van der Waals surface area contributed by atoms with E-state index in [0.29, 0.717) is 5.75 Å². The number of carbonyl (C=O) groups is 1. The molecule has 0 aliphatic rings. The lowest BCUT2D eigenvalue weighted by Gasteiger charge is -2.16. The number of para-hydroxylation sites is 1. The fourth-order valence-electron chi connectivity index (χ4n) is 2.71. The van der Waals surface area contributed by atoms with Gasteiger partial charge >= 0.3 is 6.18 Å². The summed E-state index contributed by atoms with van der Waals surface area (Å²) in [6.07, 6.45) is -4.33. The van der Waals surface area contributed by atoms with Gasteiger partial charge in [-0.2, -0.15) is 18.4 Å². The van der Waals surface area contributed by atoms with Crippen LogP contribution in [0.25, 0.3) is 0 Å². The number of alkyl halides is 3. The van der Waals surface area contributed by atoms with Gasteiger partial charge in [0.2, 0.25) is 5.91 Å². The van der Waals surface area contributed by atoms with Crippen molar-refractivity contribution in [2.24, 2.45) is 0 Å². The van der Waals surface area contributed by atoms with Crippen molar-refractivity contribution in [3.05, 3.63) is 65.5 Å². The van der Waals surface area contributed by atoms with Crippen LogP contribution in [-0.4, -0.2) is 33.6 Å². The highest BCUT2D eigenvalue weighted by atomic mass is 19.4. The molecule has 0 unspecified atom stereocenters. The van der Waals surface area contributed by atoms with E-state index in [-0.39, 0.29) is 17.9 Å². The summed E-state index contributed by atoms with van der Waals surface area (Å²) in [5.74, 6) is -0.755. The lowest BCUT2D eigenvalue weighted by molar-refractivity contribution is -0.137. The van der Waals surface area contributed by atoms with Gasteiger partial charge in [-0.1, -0.05) is 29.5 Å². The number of anilines is 1. The number of hydrogen-bond donors (Lipinski definition) is 2. The van der Waals surface area contributed by atoms with Crippen molar-refractivity contribution in [1.29, 1.82) is 0 Å². The van der Waals surface area contributed by atoms with Crippen molar-refractivity contribution in [1.82, 2.24) is 20.6 Å². The van der Waals surface area contributed by atoms with Crippen LogP contribution in [0.3, 0.4) is 0 Å². The first-order chi connectivity index (χ1) is 13.4. The zero-order valence-corrected chi connectivity index (χ0v) is 14.7. The Bertz CT molecular complexity index is 944.